The van der Waals surface area contributed by atoms with E-state index in [0.29, 0.717) is 18.7 Å². The molecule has 0 saturated heterocycles. The van der Waals surface area contributed by atoms with E-state index in [0.717, 1.165) is 22.6 Å². The van der Waals surface area contributed by atoms with Crippen molar-refractivity contribution in [3.05, 3.63) is 83.9 Å². The van der Waals surface area contributed by atoms with Gasteiger partial charge >= 0.3 is 0 Å². The lowest BCUT2D eigenvalue weighted by atomic mass is 10.2. The molecule has 3 aromatic rings. The van der Waals surface area contributed by atoms with Gasteiger partial charge < -0.3 is 15.4 Å². The van der Waals surface area contributed by atoms with Crippen LogP contribution in [0.3, 0.4) is 0 Å². The third kappa shape index (κ3) is 4.57. The number of carbonyl (C=O) groups is 1. The van der Waals surface area contributed by atoms with Crippen LogP contribution in [0.25, 0.3) is 0 Å². The normalized spacial score (nSPS) is 10.2. The molecule has 26 heavy (non-hydrogen) atoms. The first-order chi connectivity index (χ1) is 12.8. The van der Waals surface area contributed by atoms with Gasteiger partial charge in [-0.1, -0.05) is 18.2 Å². The number of ether oxygens (including phenoxy) is 1. The minimum atomic E-state index is -0.184. The Kier molecular flexibility index (Phi) is 5.77. The minimum Gasteiger partial charge on any atom is -0.496 e. The number of anilines is 1. The van der Waals surface area contributed by atoms with Crippen LogP contribution in [0.1, 0.15) is 21.5 Å². The molecule has 0 unspecified atom stereocenters. The Balaban J connectivity index is 1.61. The monoisotopic (exact) mass is 348 g/mol. The fourth-order valence-electron chi connectivity index (χ4n) is 2.49. The van der Waals surface area contributed by atoms with Gasteiger partial charge in [-0.2, -0.15) is 0 Å². The van der Waals surface area contributed by atoms with Gasteiger partial charge in [0.15, 0.2) is 0 Å². The molecule has 2 N–H and O–H groups in total. The average Bonchev–Trinajstić information content (AvgIpc) is 2.71. The van der Waals surface area contributed by atoms with E-state index in [9.17, 15) is 4.79 Å². The van der Waals surface area contributed by atoms with Crippen LogP contribution >= 0.6 is 0 Å². The maximum Gasteiger partial charge on any atom is 0.253 e. The Morgan fingerprint density at radius 1 is 1.04 bits per heavy atom. The molecule has 1 amide bonds. The predicted molar refractivity (Wildman–Crippen MR) is 100.0 cm³/mol. The number of carbonyl (C=O) groups excluding carboxylic acids is 1. The van der Waals surface area contributed by atoms with Crippen LogP contribution < -0.4 is 15.4 Å². The molecule has 0 atom stereocenters. The van der Waals surface area contributed by atoms with E-state index < -0.39 is 0 Å². The summed E-state index contributed by atoms with van der Waals surface area (Å²) in [6.07, 6.45) is 6.74. The first kappa shape index (κ1) is 17.4. The van der Waals surface area contributed by atoms with E-state index in [1.165, 1.54) is 0 Å². The summed E-state index contributed by atoms with van der Waals surface area (Å²) in [7, 11) is 1.61. The first-order valence-corrected chi connectivity index (χ1v) is 8.24. The summed E-state index contributed by atoms with van der Waals surface area (Å²) in [5, 5.41) is 6.15. The van der Waals surface area contributed by atoms with Crippen LogP contribution in [-0.4, -0.2) is 23.0 Å². The molecule has 2 aromatic heterocycles. The lowest BCUT2D eigenvalue weighted by molar-refractivity contribution is 0.0950. The first-order valence-electron chi connectivity index (χ1n) is 8.24. The van der Waals surface area contributed by atoms with E-state index in [1.54, 1.807) is 38.0 Å². The Morgan fingerprint density at radius 3 is 2.65 bits per heavy atom. The van der Waals surface area contributed by atoms with Crippen LogP contribution in [0.5, 0.6) is 5.75 Å². The number of pyridine rings is 2. The van der Waals surface area contributed by atoms with Crippen molar-refractivity contribution in [2.45, 2.75) is 13.1 Å². The van der Waals surface area contributed by atoms with E-state index in [-0.39, 0.29) is 5.91 Å². The Bertz CT molecular complexity index is 868. The number of rotatable bonds is 7. The number of hydrogen-bond donors (Lipinski definition) is 2. The van der Waals surface area contributed by atoms with Crippen molar-refractivity contribution >= 4 is 11.6 Å². The predicted octanol–water partition coefficient (Wildman–Crippen LogP) is 3.03. The number of amides is 1. The number of benzene rings is 1. The van der Waals surface area contributed by atoms with Crippen molar-refractivity contribution in [1.82, 2.24) is 15.3 Å². The molecule has 3 rings (SSSR count). The maximum absolute atomic E-state index is 12.4. The minimum absolute atomic E-state index is 0.184. The van der Waals surface area contributed by atoms with Crippen LogP contribution in [0.2, 0.25) is 0 Å². The van der Waals surface area contributed by atoms with Crippen LogP contribution in [0.4, 0.5) is 5.69 Å². The quantitative estimate of drug-likeness (QED) is 0.686. The van der Waals surface area contributed by atoms with Gasteiger partial charge in [0.1, 0.15) is 5.75 Å². The van der Waals surface area contributed by atoms with Crippen molar-refractivity contribution in [1.29, 1.82) is 0 Å². The van der Waals surface area contributed by atoms with Crippen molar-refractivity contribution in [3.8, 4) is 5.75 Å². The fraction of sp³-hybridized carbons (Fsp3) is 0.150. The van der Waals surface area contributed by atoms with Crippen LogP contribution in [0, 0.1) is 0 Å². The summed E-state index contributed by atoms with van der Waals surface area (Å²) < 4.78 is 5.30. The second kappa shape index (κ2) is 8.62. The molecule has 0 bridgehead atoms. The smallest absolute Gasteiger partial charge is 0.253 e. The van der Waals surface area contributed by atoms with Gasteiger partial charge in [0.05, 0.1) is 18.4 Å². The Hall–Kier alpha value is -3.41. The van der Waals surface area contributed by atoms with Gasteiger partial charge in [-0.05, 0) is 29.8 Å². The van der Waals surface area contributed by atoms with Gasteiger partial charge in [-0.25, -0.2) is 0 Å². The number of nitrogens with zero attached hydrogens (tertiary/aromatic N) is 2. The van der Waals surface area contributed by atoms with Gasteiger partial charge in [0.2, 0.25) is 0 Å². The van der Waals surface area contributed by atoms with Gasteiger partial charge in [-0.15, -0.1) is 0 Å². The number of para-hydroxylation sites is 1. The third-order valence-corrected chi connectivity index (χ3v) is 3.88. The molecule has 1 aromatic carbocycles. The number of methoxy groups -OCH3 is 1. The summed E-state index contributed by atoms with van der Waals surface area (Å²) in [4.78, 5) is 20.6. The fourth-order valence-corrected chi connectivity index (χ4v) is 2.49. The molecule has 0 spiro atoms. The van der Waals surface area contributed by atoms with Crippen molar-refractivity contribution in [3.63, 3.8) is 0 Å². The number of hydrogen-bond acceptors (Lipinski definition) is 5. The molecular weight excluding hydrogens is 328 g/mol. The zero-order valence-electron chi connectivity index (χ0n) is 14.5. The van der Waals surface area contributed by atoms with Gasteiger partial charge in [0, 0.05) is 43.4 Å². The van der Waals surface area contributed by atoms with E-state index in [4.69, 9.17) is 4.74 Å². The van der Waals surface area contributed by atoms with Crippen molar-refractivity contribution in [2.75, 3.05) is 12.4 Å². The maximum atomic E-state index is 12.4. The highest BCUT2D eigenvalue weighted by Crippen LogP contribution is 2.17. The van der Waals surface area contributed by atoms with E-state index in [1.807, 2.05) is 36.4 Å². The second-order valence-electron chi connectivity index (χ2n) is 5.67. The molecule has 132 valence electrons. The van der Waals surface area contributed by atoms with Gasteiger partial charge in [0.25, 0.3) is 5.91 Å². The number of aromatic nitrogens is 2. The molecule has 0 saturated carbocycles. The highest BCUT2D eigenvalue weighted by atomic mass is 16.5. The lowest BCUT2D eigenvalue weighted by Gasteiger charge is -2.10. The Labute approximate surface area is 152 Å². The van der Waals surface area contributed by atoms with Gasteiger partial charge in [-0.3, -0.25) is 14.8 Å². The zero-order chi connectivity index (χ0) is 18.2. The van der Waals surface area contributed by atoms with Crippen LogP contribution in [-0.2, 0) is 13.1 Å². The van der Waals surface area contributed by atoms with Crippen molar-refractivity contribution < 1.29 is 9.53 Å². The largest absolute Gasteiger partial charge is 0.496 e. The summed E-state index contributed by atoms with van der Waals surface area (Å²) in [6.45, 7) is 1.02. The topological polar surface area (TPSA) is 76.1 Å². The molecular formula is C20H20N4O2. The third-order valence-electron chi connectivity index (χ3n) is 3.88. The lowest BCUT2D eigenvalue weighted by Crippen LogP contribution is -2.23. The van der Waals surface area contributed by atoms with E-state index >= 15 is 0 Å². The summed E-state index contributed by atoms with van der Waals surface area (Å²) in [6, 6.07) is 13.2. The molecule has 0 aliphatic rings. The SMILES string of the molecule is COc1ccccc1CNC(=O)c1cncc(NCc2ccncc2)c1. The molecule has 0 fully saturated rings. The van der Waals surface area contributed by atoms with Crippen molar-refractivity contribution in [2.24, 2.45) is 0 Å². The molecule has 6 nitrogen and oxygen atoms in total. The zero-order valence-corrected chi connectivity index (χ0v) is 14.5. The van der Waals surface area contributed by atoms with E-state index in [2.05, 4.69) is 20.6 Å². The summed E-state index contributed by atoms with van der Waals surface area (Å²) in [5.74, 6) is 0.565. The second-order valence-corrected chi connectivity index (χ2v) is 5.67. The standard InChI is InChI=1S/C20H20N4O2/c1-26-19-5-3-2-4-16(19)13-24-20(25)17-10-18(14-22-12-17)23-11-15-6-8-21-9-7-15/h2-10,12,14,23H,11,13H2,1H3,(H,24,25). The highest BCUT2D eigenvalue weighted by molar-refractivity contribution is 5.94. The summed E-state index contributed by atoms with van der Waals surface area (Å²) in [5.41, 5.74) is 3.31. The average molecular weight is 348 g/mol. The highest BCUT2D eigenvalue weighted by Gasteiger charge is 2.09. The summed E-state index contributed by atoms with van der Waals surface area (Å²) >= 11 is 0. The molecule has 0 radical (unpaired) electrons. The molecule has 6 heteroatoms. The van der Waals surface area contributed by atoms with Crippen LogP contribution in [0.15, 0.2) is 67.3 Å². The Morgan fingerprint density at radius 2 is 1.85 bits per heavy atom. The molecule has 0 aliphatic carbocycles. The number of nitrogens with one attached hydrogen (secondary N) is 2. The molecule has 0 aliphatic heterocycles. The molecule has 2 heterocycles.